The van der Waals surface area contributed by atoms with Crippen molar-refractivity contribution < 1.29 is 9.90 Å². The van der Waals surface area contributed by atoms with Gasteiger partial charge in [0.15, 0.2) is 0 Å². The van der Waals surface area contributed by atoms with Gasteiger partial charge in [0.05, 0.1) is 6.10 Å². The number of likely N-dealkylation sites (tertiary alicyclic amines) is 1. The van der Waals surface area contributed by atoms with E-state index in [1.807, 2.05) is 0 Å². The van der Waals surface area contributed by atoms with E-state index in [-0.39, 0.29) is 17.4 Å². The smallest absolute Gasteiger partial charge is 0.220 e. The van der Waals surface area contributed by atoms with Crippen molar-refractivity contribution in [3.05, 3.63) is 0 Å². The van der Waals surface area contributed by atoms with Gasteiger partial charge in [0, 0.05) is 31.6 Å². The summed E-state index contributed by atoms with van der Waals surface area (Å²) in [5.41, 5.74) is 0.231. The number of aliphatic hydroxyl groups is 1. The first-order valence-electron chi connectivity index (χ1n) is 10.3. The van der Waals surface area contributed by atoms with Crippen molar-refractivity contribution in [2.45, 2.75) is 102 Å². The summed E-state index contributed by atoms with van der Waals surface area (Å²) >= 11 is 0. The maximum atomic E-state index is 12.5. The molecule has 3 fully saturated rings. The number of nitrogens with one attached hydrogen (secondary N) is 1. The fourth-order valence-electron chi connectivity index (χ4n) is 5.14. The molecule has 1 saturated heterocycles. The average molecular weight is 337 g/mol. The summed E-state index contributed by atoms with van der Waals surface area (Å²) in [4.78, 5) is 14.9. The summed E-state index contributed by atoms with van der Waals surface area (Å²) in [7, 11) is 0. The highest BCUT2D eigenvalue weighted by Crippen LogP contribution is 2.38. The molecule has 0 spiro atoms. The highest BCUT2D eigenvalue weighted by Gasteiger charge is 2.33. The third-order valence-electron chi connectivity index (χ3n) is 6.71. The van der Waals surface area contributed by atoms with Crippen LogP contribution < -0.4 is 5.32 Å². The summed E-state index contributed by atoms with van der Waals surface area (Å²) in [5.74, 6) is 0.260. The van der Waals surface area contributed by atoms with Crippen LogP contribution in [0.3, 0.4) is 0 Å². The van der Waals surface area contributed by atoms with Crippen LogP contribution in [0.25, 0.3) is 0 Å². The highest BCUT2D eigenvalue weighted by molar-refractivity contribution is 5.77. The molecule has 4 heteroatoms. The number of hydrogen-bond donors (Lipinski definition) is 2. The molecular formula is C20H36N2O2. The lowest BCUT2D eigenvalue weighted by Crippen LogP contribution is -2.52. The van der Waals surface area contributed by atoms with E-state index >= 15 is 0 Å². The van der Waals surface area contributed by atoms with Crippen LogP contribution in [0.15, 0.2) is 0 Å². The van der Waals surface area contributed by atoms with E-state index < -0.39 is 0 Å². The zero-order valence-electron chi connectivity index (χ0n) is 15.4. The molecule has 0 radical (unpaired) electrons. The second kappa shape index (κ2) is 8.18. The minimum atomic E-state index is -0.142. The molecule has 2 saturated carbocycles. The van der Waals surface area contributed by atoms with Crippen molar-refractivity contribution >= 4 is 5.91 Å². The van der Waals surface area contributed by atoms with Crippen LogP contribution in [0.2, 0.25) is 0 Å². The Bertz CT molecular complexity index is 412. The summed E-state index contributed by atoms with van der Waals surface area (Å²) in [6.45, 7) is 4.33. The number of carbonyl (C=O) groups is 1. The van der Waals surface area contributed by atoms with Gasteiger partial charge >= 0.3 is 0 Å². The Morgan fingerprint density at radius 2 is 1.71 bits per heavy atom. The molecule has 0 aromatic heterocycles. The van der Waals surface area contributed by atoms with Crippen molar-refractivity contribution in [3.63, 3.8) is 0 Å². The Balaban J connectivity index is 1.41. The first-order chi connectivity index (χ1) is 11.6. The third-order valence-corrected chi connectivity index (χ3v) is 6.71. The van der Waals surface area contributed by atoms with E-state index in [2.05, 4.69) is 17.1 Å². The molecule has 0 aromatic carbocycles. The lowest BCUT2D eigenvalue weighted by Gasteiger charge is -2.42. The van der Waals surface area contributed by atoms with Crippen LogP contribution in [0.5, 0.6) is 0 Å². The summed E-state index contributed by atoms with van der Waals surface area (Å²) in [6.07, 6.45) is 13.5. The SMILES string of the molecule is CC1(CC(=O)NC2CCN(C3CCCCC3O)CC2)CCCCC1. The molecule has 1 aliphatic heterocycles. The molecule has 4 nitrogen and oxygen atoms in total. The number of amides is 1. The van der Waals surface area contributed by atoms with E-state index in [4.69, 9.17) is 0 Å². The van der Waals surface area contributed by atoms with Gasteiger partial charge in [-0.3, -0.25) is 9.69 Å². The van der Waals surface area contributed by atoms with E-state index in [1.165, 1.54) is 44.9 Å². The van der Waals surface area contributed by atoms with Crippen molar-refractivity contribution in [3.8, 4) is 0 Å². The Labute approximate surface area is 147 Å². The van der Waals surface area contributed by atoms with Crippen LogP contribution in [-0.2, 0) is 4.79 Å². The Morgan fingerprint density at radius 3 is 2.38 bits per heavy atom. The van der Waals surface area contributed by atoms with Crippen molar-refractivity contribution in [2.75, 3.05) is 13.1 Å². The largest absolute Gasteiger partial charge is 0.391 e. The molecule has 2 N–H and O–H groups in total. The number of hydrogen-bond acceptors (Lipinski definition) is 3. The quantitative estimate of drug-likeness (QED) is 0.829. The predicted octanol–water partition coefficient (Wildman–Crippen LogP) is 3.23. The van der Waals surface area contributed by atoms with E-state index in [9.17, 15) is 9.90 Å². The van der Waals surface area contributed by atoms with Gasteiger partial charge in [-0.2, -0.15) is 0 Å². The minimum absolute atomic E-state index is 0.142. The fourth-order valence-corrected chi connectivity index (χ4v) is 5.14. The maximum absolute atomic E-state index is 12.5. The molecule has 24 heavy (non-hydrogen) atoms. The van der Waals surface area contributed by atoms with Crippen molar-refractivity contribution in [1.29, 1.82) is 0 Å². The molecular weight excluding hydrogens is 300 g/mol. The normalized spacial score (nSPS) is 32.4. The fraction of sp³-hybridized carbons (Fsp3) is 0.950. The first kappa shape index (κ1) is 18.2. The average Bonchev–Trinajstić information content (AvgIpc) is 2.56. The lowest BCUT2D eigenvalue weighted by molar-refractivity contribution is -0.124. The number of carbonyl (C=O) groups excluding carboxylic acids is 1. The van der Waals surface area contributed by atoms with E-state index in [1.54, 1.807) is 0 Å². The standard InChI is InChI=1S/C20H36N2O2/c1-20(11-5-2-6-12-20)15-19(24)21-16-9-13-22(14-10-16)17-7-3-4-8-18(17)23/h16-18,23H,2-15H2,1H3,(H,21,24). The van der Waals surface area contributed by atoms with Crippen LogP contribution in [0, 0.1) is 5.41 Å². The summed E-state index contributed by atoms with van der Waals surface area (Å²) < 4.78 is 0. The summed E-state index contributed by atoms with van der Waals surface area (Å²) in [6, 6.07) is 0.693. The van der Waals surface area contributed by atoms with Gasteiger partial charge in [0.1, 0.15) is 0 Å². The van der Waals surface area contributed by atoms with Crippen molar-refractivity contribution in [2.24, 2.45) is 5.41 Å². The van der Waals surface area contributed by atoms with Crippen molar-refractivity contribution in [1.82, 2.24) is 10.2 Å². The monoisotopic (exact) mass is 336 g/mol. The van der Waals surface area contributed by atoms with E-state index in [0.29, 0.717) is 18.5 Å². The van der Waals surface area contributed by atoms with Gasteiger partial charge in [-0.1, -0.05) is 39.0 Å². The number of nitrogens with zero attached hydrogens (tertiary/aromatic N) is 1. The lowest BCUT2D eigenvalue weighted by atomic mass is 9.73. The third kappa shape index (κ3) is 4.72. The molecule has 2 unspecified atom stereocenters. The van der Waals surface area contributed by atoms with Crippen LogP contribution >= 0.6 is 0 Å². The second-order valence-electron chi connectivity index (χ2n) is 8.85. The zero-order valence-corrected chi connectivity index (χ0v) is 15.4. The molecule has 0 aromatic rings. The molecule has 2 atom stereocenters. The van der Waals surface area contributed by atoms with Gasteiger partial charge in [-0.05, 0) is 43.9 Å². The highest BCUT2D eigenvalue weighted by atomic mass is 16.3. The van der Waals surface area contributed by atoms with Gasteiger partial charge in [-0.25, -0.2) is 0 Å². The van der Waals surface area contributed by atoms with Crippen LogP contribution in [0.1, 0.15) is 84.0 Å². The number of aliphatic hydroxyl groups excluding tert-OH is 1. The number of rotatable bonds is 4. The van der Waals surface area contributed by atoms with Gasteiger partial charge < -0.3 is 10.4 Å². The van der Waals surface area contributed by atoms with Gasteiger partial charge in [0.25, 0.3) is 0 Å². The Kier molecular flexibility index (Phi) is 6.20. The Morgan fingerprint density at radius 1 is 1.04 bits per heavy atom. The molecule has 138 valence electrons. The molecule has 3 aliphatic rings. The molecule has 2 aliphatic carbocycles. The zero-order chi connectivity index (χ0) is 17.0. The second-order valence-corrected chi connectivity index (χ2v) is 8.85. The summed E-state index contributed by atoms with van der Waals surface area (Å²) in [5, 5.41) is 13.5. The topological polar surface area (TPSA) is 52.6 Å². The molecule has 1 heterocycles. The number of piperidine rings is 1. The maximum Gasteiger partial charge on any atom is 0.220 e. The van der Waals surface area contributed by atoms with Crippen LogP contribution in [0.4, 0.5) is 0 Å². The van der Waals surface area contributed by atoms with Gasteiger partial charge in [-0.15, -0.1) is 0 Å². The van der Waals surface area contributed by atoms with E-state index in [0.717, 1.165) is 38.8 Å². The van der Waals surface area contributed by atoms with Gasteiger partial charge in [0.2, 0.25) is 5.91 Å². The predicted molar refractivity (Wildman–Crippen MR) is 96.8 cm³/mol. The molecule has 0 bridgehead atoms. The van der Waals surface area contributed by atoms with Crippen LogP contribution in [-0.4, -0.2) is 47.2 Å². The molecule has 1 amide bonds. The first-order valence-corrected chi connectivity index (χ1v) is 10.3. The Hall–Kier alpha value is -0.610. The molecule has 3 rings (SSSR count). The minimum Gasteiger partial charge on any atom is -0.391 e.